The minimum absolute atomic E-state index is 0.0125. The Kier molecular flexibility index (Phi) is 3.13. The monoisotopic (exact) mass is 335 g/mol. The molecule has 1 aromatic heterocycles. The highest BCUT2D eigenvalue weighted by atomic mass is 16.5. The normalized spacial score (nSPS) is 26.4. The van der Waals surface area contributed by atoms with Crippen LogP contribution in [-0.4, -0.2) is 22.7 Å². The highest BCUT2D eigenvalue weighted by Crippen LogP contribution is 2.41. The van der Waals surface area contributed by atoms with Gasteiger partial charge in [0.05, 0.1) is 5.71 Å². The molecule has 3 aliphatic carbocycles. The molecule has 0 spiro atoms. The van der Waals surface area contributed by atoms with Crippen molar-refractivity contribution in [1.82, 2.24) is 10.5 Å². The van der Waals surface area contributed by atoms with E-state index in [-0.39, 0.29) is 17.5 Å². The number of nitrogens with one attached hydrogen (secondary N) is 1. The summed E-state index contributed by atoms with van der Waals surface area (Å²) < 4.78 is 5.21. The minimum atomic E-state index is -0.423. The molecule has 126 valence electrons. The number of nitrogens with zero attached hydrogens (tertiary/aromatic N) is 2. The molecule has 2 heterocycles. The molecular formula is C19H17N3O3. The zero-order chi connectivity index (χ0) is 17.0. The van der Waals surface area contributed by atoms with Crippen molar-refractivity contribution in [3.63, 3.8) is 0 Å². The summed E-state index contributed by atoms with van der Waals surface area (Å²) in [5, 5.41) is 6.77. The van der Waals surface area contributed by atoms with Crippen molar-refractivity contribution < 1.29 is 14.1 Å². The molecule has 1 aliphatic heterocycles. The highest BCUT2D eigenvalue weighted by molar-refractivity contribution is 6.14. The molecule has 0 bridgehead atoms. The summed E-state index contributed by atoms with van der Waals surface area (Å²) in [5.74, 6) is 0.847. The van der Waals surface area contributed by atoms with Crippen molar-refractivity contribution in [2.75, 3.05) is 0 Å². The van der Waals surface area contributed by atoms with Crippen LogP contribution in [0.25, 0.3) is 0 Å². The SMILES string of the molecule is O=C1NC2=CC(=NC(=O)c3cc(C4CC4)on3)C=CC2C2=C1CCC2. The molecule has 0 saturated heterocycles. The molecule has 1 aromatic rings. The van der Waals surface area contributed by atoms with Gasteiger partial charge < -0.3 is 9.84 Å². The maximum absolute atomic E-state index is 12.3. The molecule has 1 saturated carbocycles. The van der Waals surface area contributed by atoms with Gasteiger partial charge in [0.15, 0.2) is 5.69 Å². The first-order valence-corrected chi connectivity index (χ1v) is 8.72. The van der Waals surface area contributed by atoms with Crippen molar-refractivity contribution in [2.45, 2.75) is 38.0 Å². The van der Waals surface area contributed by atoms with Crippen molar-refractivity contribution >= 4 is 17.5 Å². The number of hydrogen-bond acceptors (Lipinski definition) is 4. The van der Waals surface area contributed by atoms with Crippen molar-refractivity contribution in [3.05, 3.63) is 52.6 Å². The van der Waals surface area contributed by atoms with E-state index >= 15 is 0 Å². The van der Waals surface area contributed by atoms with Crippen LogP contribution < -0.4 is 5.32 Å². The summed E-state index contributed by atoms with van der Waals surface area (Å²) >= 11 is 0. The third kappa shape index (κ3) is 2.49. The summed E-state index contributed by atoms with van der Waals surface area (Å²) in [5.41, 5.74) is 3.70. The Balaban J connectivity index is 1.40. The van der Waals surface area contributed by atoms with Gasteiger partial charge in [-0.05, 0) is 49.8 Å². The molecule has 1 unspecified atom stereocenters. The molecule has 1 N–H and O–H groups in total. The van der Waals surface area contributed by atoms with Crippen LogP contribution in [0.15, 0.2) is 50.7 Å². The zero-order valence-electron chi connectivity index (χ0n) is 13.6. The number of hydrogen-bond donors (Lipinski definition) is 1. The molecule has 0 radical (unpaired) electrons. The molecule has 1 atom stereocenters. The van der Waals surface area contributed by atoms with Crippen LogP contribution in [0.5, 0.6) is 0 Å². The van der Waals surface area contributed by atoms with E-state index in [0.29, 0.717) is 11.6 Å². The first-order valence-electron chi connectivity index (χ1n) is 8.72. The molecule has 25 heavy (non-hydrogen) atoms. The molecular weight excluding hydrogens is 318 g/mol. The van der Waals surface area contributed by atoms with E-state index in [0.717, 1.165) is 49.1 Å². The van der Waals surface area contributed by atoms with E-state index in [9.17, 15) is 9.59 Å². The van der Waals surface area contributed by atoms with E-state index in [1.165, 1.54) is 5.57 Å². The van der Waals surface area contributed by atoms with Gasteiger partial charge in [0.25, 0.3) is 11.8 Å². The Morgan fingerprint density at radius 1 is 1.32 bits per heavy atom. The van der Waals surface area contributed by atoms with E-state index in [2.05, 4.69) is 15.5 Å². The summed E-state index contributed by atoms with van der Waals surface area (Å²) in [6.07, 6.45) is 10.7. The van der Waals surface area contributed by atoms with Gasteiger partial charge in [-0.3, -0.25) is 9.59 Å². The molecule has 6 nitrogen and oxygen atoms in total. The van der Waals surface area contributed by atoms with Gasteiger partial charge in [-0.25, -0.2) is 4.99 Å². The standard InChI is InChI=1S/C19H17N3O3/c23-18-14-3-1-2-12(14)13-7-6-11(8-15(13)21-18)20-19(24)16-9-17(25-22-16)10-4-5-10/h6-10,13H,1-5H2,(H,21,23). The third-order valence-corrected chi connectivity index (χ3v) is 5.22. The molecule has 0 aromatic carbocycles. The highest BCUT2D eigenvalue weighted by Gasteiger charge is 2.34. The van der Waals surface area contributed by atoms with Crippen molar-refractivity contribution in [1.29, 1.82) is 0 Å². The lowest BCUT2D eigenvalue weighted by Gasteiger charge is -2.28. The van der Waals surface area contributed by atoms with Crippen LogP contribution in [0.2, 0.25) is 0 Å². The summed E-state index contributed by atoms with van der Waals surface area (Å²) in [7, 11) is 0. The van der Waals surface area contributed by atoms with E-state index in [4.69, 9.17) is 4.52 Å². The molecule has 1 fully saturated rings. The fraction of sp³-hybridized carbons (Fsp3) is 0.368. The molecule has 4 aliphatic rings. The average molecular weight is 335 g/mol. The number of amides is 2. The molecule has 2 amide bonds. The number of rotatable bonds is 2. The Bertz CT molecular complexity index is 912. The van der Waals surface area contributed by atoms with Crippen LogP contribution in [0, 0.1) is 5.92 Å². The second-order valence-electron chi connectivity index (χ2n) is 6.98. The maximum Gasteiger partial charge on any atom is 0.299 e. The van der Waals surface area contributed by atoms with Crippen molar-refractivity contribution in [3.8, 4) is 0 Å². The van der Waals surface area contributed by atoms with Gasteiger partial charge in [0.1, 0.15) is 5.76 Å². The Morgan fingerprint density at radius 2 is 2.20 bits per heavy atom. The second-order valence-corrected chi connectivity index (χ2v) is 6.98. The minimum Gasteiger partial charge on any atom is -0.360 e. The number of carbonyl (C=O) groups excluding carboxylic acids is 2. The lowest BCUT2D eigenvalue weighted by molar-refractivity contribution is -0.117. The summed E-state index contributed by atoms with van der Waals surface area (Å²) in [6.45, 7) is 0. The van der Waals surface area contributed by atoms with Gasteiger partial charge >= 0.3 is 0 Å². The first kappa shape index (κ1) is 14.6. The van der Waals surface area contributed by atoms with Crippen LogP contribution >= 0.6 is 0 Å². The predicted octanol–water partition coefficient (Wildman–Crippen LogP) is 2.81. The average Bonchev–Trinajstić information content (AvgIpc) is 3.12. The summed E-state index contributed by atoms with van der Waals surface area (Å²) in [4.78, 5) is 28.6. The smallest absolute Gasteiger partial charge is 0.299 e. The van der Waals surface area contributed by atoms with Crippen molar-refractivity contribution in [2.24, 2.45) is 10.9 Å². The number of allylic oxidation sites excluding steroid dienone is 3. The maximum atomic E-state index is 12.3. The van der Waals surface area contributed by atoms with Gasteiger partial charge in [-0.1, -0.05) is 11.2 Å². The lowest BCUT2D eigenvalue weighted by Crippen LogP contribution is -2.35. The van der Waals surface area contributed by atoms with Crippen LogP contribution in [0.3, 0.4) is 0 Å². The van der Waals surface area contributed by atoms with E-state index in [1.54, 1.807) is 12.1 Å². The number of carbonyl (C=O) groups is 2. The first-order chi connectivity index (χ1) is 12.2. The van der Waals surface area contributed by atoms with Crippen LogP contribution in [-0.2, 0) is 4.79 Å². The quantitative estimate of drug-likeness (QED) is 0.900. The van der Waals surface area contributed by atoms with Crippen LogP contribution in [0.4, 0.5) is 0 Å². The predicted molar refractivity (Wildman–Crippen MR) is 90.0 cm³/mol. The Hall–Kier alpha value is -2.76. The largest absolute Gasteiger partial charge is 0.360 e. The zero-order valence-corrected chi connectivity index (χ0v) is 13.6. The van der Waals surface area contributed by atoms with Gasteiger partial charge in [-0.15, -0.1) is 0 Å². The second kappa shape index (κ2) is 5.37. The third-order valence-electron chi connectivity index (χ3n) is 5.22. The Morgan fingerprint density at radius 3 is 3.04 bits per heavy atom. The fourth-order valence-corrected chi connectivity index (χ4v) is 3.78. The summed E-state index contributed by atoms with van der Waals surface area (Å²) in [6, 6.07) is 1.69. The number of aromatic nitrogens is 1. The fourth-order valence-electron chi connectivity index (χ4n) is 3.78. The topological polar surface area (TPSA) is 84.6 Å². The molecule has 5 rings (SSSR count). The van der Waals surface area contributed by atoms with Gasteiger partial charge in [0, 0.05) is 29.2 Å². The number of aliphatic imine (C=N–C) groups is 1. The molecule has 6 heteroatoms. The lowest BCUT2D eigenvalue weighted by atomic mass is 9.85. The van der Waals surface area contributed by atoms with Gasteiger partial charge in [0.2, 0.25) is 0 Å². The van der Waals surface area contributed by atoms with E-state index in [1.807, 2.05) is 12.2 Å². The Labute approximate surface area is 144 Å². The number of fused-ring (bicyclic) bond motifs is 2. The van der Waals surface area contributed by atoms with Gasteiger partial charge in [-0.2, -0.15) is 0 Å². The van der Waals surface area contributed by atoms with E-state index < -0.39 is 5.91 Å². The van der Waals surface area contributed by atoms with Crippen LogP contribution in [0.1, 0.15) is 54.3 Å².